The molecule has 1 aliphatic carbocycles. The number of pyridine rings is 4. The molecule has 0 bridgehead atoms. The third-order valence-corrected chi connectivity index (χ3v) is 18.4. The smallest absolute Gasteiger partial charge is 0.0545 e. The molecule has 0 saturated heterocycles. The van der Waals surface area contributed by atoms with Crippen molar-refractivity contribution in [1.29, 1.82) is 0 Å². The maximum atomic E-state index is 4.76. The minimum atomic E-state index is 0.723. The quantitative estimate of drug-likeness (QED) is 0.108. The number of hydrogen-bond acceptors (Lipinski definition) is 5. The monoisotopic (exact) mass is 1160 g/mol. The molecule has 15 aromatic rings. The molecule has 0 aliphatic heterocycles. The number of aromatic nitrogens is 6. The Balaban J connectivity index is 0.838. The number of thiophene rings is 1. The van der Waals surface area contributed by atoms with Gasteiger partial charge in [0.2, 0.25) is 0 Å². The lowest BCUT2D eigenvalue weighted by Gasteiger charge is -2.12. The second-order valence-corrected chi connectivity index (χ2v) is 23.8. The highest BCUT2D eigenvalue weighted by Gasteiger charge is 2.22. The van der Waals surface area contributed by atoms with Gasteiger partial charge in [-0.2, -0.15) is 0 Å². The van der Waals surface area contributed by atoms with Crippen LogP contribution in [0.4, 0.5) is 0 Å². The Morgan fingerprint density at radius 1 is 0.393 bits per heavy atom. The number of allylic oxidation sites excluding steroid dienone is 3. The Bertz CT molecular complexity index is 5210. The molecule has 0 spiro atoms. The molecule has 16 rings (SSSR count). The van der Waals surface area contributed by atoms with Gasteiger partial charge in [-0.05, 0) is 160 Å². The van der Waals surface area contributed by atoms with Crippen LogP contribution in [-0.2, 0) is 12.8 Å². The van der Waals surface area contributed by atoms with Gasteiger partial charge in [0.25, 0.3) is 0 Å². The highest BCUT2D eigenvalue weighted by atomic mass is 32.1. The van der Waals surface area contributed by atoms with Gasteiger partial charge < -0.3 is 9.13 Å². The van der Waals surface area contributed by atoms with Crippen molar-refractivity contribution in [3.8, 4) is 83.6 Å². The van der Waals surface area contributed by atoms with Gasteiger partial charge in [-0.15, -0.1) is 17.1 Å². The molecule has 89 heavy (non-hydrogen) atoms. The average Bonchev–Trinajstić information content (AvgIpc) is 1.70. The molecule has 1 aliphatic rings. The number of nitrogens with zero attached hydrogens (tertiary/aromatic N) is 6. The van der Waals surface area contributed by atoms with Crippen LogP contribution in [0.2, 0.25) is 0 Å². The van der Waals surface area contributed by atoms with E-state index >= 15 is 0 Å². The van der Waals surface area contributed by atoms with Crippen LogP contribution in [0.3, 0.4) is 0 Å². The molecule has 0 saturated carbocycles. The molecule has 0 radical (unpaired) electrons. The van der Waals surface area contributed by atoms with Crippen LogP contribution in [0.1, 0.15) is 34.2 Å². The van der Waals surface area contributed by atoms with Gasteiger partial charge in [0.15, 0.2) is 0 Å². The summed E-state index contributed by atoms with van der Waals surface area (Å²) in [6.07, 6.45) is 28.6. The van der Waals surface area contributed by atoms with Gasteiger partial charge in [0, 0.05) is 143 Å². The molecule has 6 nitrogen and oxygen atoms in total. The Kier molecular flexibility index (Phi) is 13.6. The van der Waals surface area contributed by atoms with E-state index in [4.69, 9.17) is 19.9 Å². The molecule has 420 valence electrons. The third kappa shape index (κ3) is 10.0. The second kappa shape index (κ2) is 22.8. The standard InChI is InChI=1S/C82H56N6S/c1-2-71-72-41-59(66-38-63(48-84-51-66)56-20-9-4-10-21-56)29-33-78(72)87(77(71)27-15-17-54-37-62(47-83-46-54)55-18-7-3-8-19-55)69-26-16-28-81-75(44-69)76-45-70(32-36-82(76)89-81)88-79-34-30-60(67-39-64(49-85-52-67)57-22-11-5-12-23-57)42-73(79)74-43-61(31-35-80(74)88)68-40-65(50-86-53-68)58-24-13-6-14-25-58/h3-15,18-53H,2,17H2,1H3/b27-15-. The lowest BCUT2D eigenvalue weighted by molar-refractivity contribution is 1.09. The molecular formula is C82H56N6S. The fraction of sp³-hybridized carbons (Fsp3) is 0.0366. The molecule has 8 aromatic carbocycles. The van der Waals surface area contributed by atoms with Crippen molar-refractivity contribution in [1.82, 2.24) is 29.1 Å². The number of rotatable bonds is 13. The largest absolute Gasteiger partial charge is 0.309 e. The fourth-order valence-corrected chi connectivity index (χ4v) is 14.0. The first-order chi connectivity index (χ1) is 44.0. The summed E-state index contributed by atoms with van der Waals surface area (Å²) in [6.45, 7) is 2.27. The Morgan fingerprint density at radius 2 is 0.843 bits per heavy atom. The minimum Gasteiger partial charge on any atom is -0.309 e. The number of hydrogen-bond donors (Lipinski definition) is 0. The van der Waals surface area contributed by atoms with E-state index < -0.39 is 0 Å². The van der Waals surface area contributed by atoms with Crippen molar-refractivity contribution in [3.05, 3.63) is 313 Å². The van der Waals surface area contributed by atoms with Crippen molar-refractivity contribution in [2.24, 2.45) is 0 Å². The van der Waals surface area contributed by atoms with Crippen molar-refractivity contribution in [3.63, 3.8) is 0 Å². The summed E-state index contributed by atoms with van der Waals surface area (Å²) in [5, 5.41) is 4.71. The van der Waals surface area contributed by atoms with E-state index in [-0.39, 0.29) is 0 Å². The van der Waals surface area contributed by atoms with Crippen molar-refractivity contribution < 1.29 is 0 Å². The number of benzene rings is 8. The molecular weight excluding hydrogens is 1100 g/mol. The zero-order valence-corrected chi connectivity index (χ0v) is 49.6. The normalized spacial score (nSPS) is 12.2. The van der Waals surface area contributed by atoms with Crippen LogP contribution in [0.15, 0.2) is 286 Å². The Morgan fingerprint density at radius 3 is 1.34 bits per heavy atom. The number of aryl methyl sites for hydroxylation is 1. The van der Waals surface area contributed by atoms with E-state index in [2.05, 4.69) is 271 Å². The second-order valence-electron chi connectivity index (χ2n) is 22.7. The number of fused-ring (bicyclic) bond motifs is 7. The Hall–Kier alpha value is -11.3. The molecule has 0 amide bonds. The first-order valence-corrected chi connectivity index (χ1v) is 31.0. The van der Waals surface area contributed by atoms with Crippen LogP contribution in [0, 0.1) is 0 Å². The zero-order chi connectivity index (χ0) is 59.2. The van der Waals surface area contributed by atoms with E-state index in [0.717, 1.165) is 141 Å². The van der Waals surface area contributed by atoms with E-state index in [0.29, 0.717) is 0 Å². The van der Waals surface area contributed by atoms with Crippen molar-refractivity contribution >= 4 is 78.1 Å². The van der Waals surface area contributed by atoms with Crippen LogP contribution < -0.4 is 0 Å². The van der Waals surface area contributed by atoms with E-state index in [9.17, 15) is 0 Å². The van der Waals surface area contributed by atoms with Gasteiger partial charge in [-0.1, -0.05) is 153 Å². The van der Waals surface area contributed by atoms with Gasteiger partial charge in [0.1, 0.15) is 0 Å². The van der Waals surface area contributed by atoms with Crippen LogP contribution in [0.5, 0.6) is 0 Å². The van der Waals surface area contributed by atoms with Crippen molar-refractivity contribution in [2.45, 2.75) is 19.8 Å². The summed E-state index contributed by atoms with van der Waals surface area (Å²) in [6, 6.07) is 78.6. The first kappa shape index (κ1) is 53.2. The first-order valence-electron chi connectivity index (χ1n) is 30.2. The van der Waals surface area contributed by atoms with Gasteiger partial charge >= 0.3 is 0 Å². The molecule has 7 heterocycles. The Labute approximate surface area is 520 Å². The molecule has 7 aromatic heterocycles. The lowest BCUT2D eigenvalue weighted by atomic mass is 9.99. The van der Waals surface area contributed by atoms with E-state index in [1.807, 2.05) is 60.9 Å². The van der Waals surface area contributed by atoms with E-state index in [1.54, 1.807) is 0 Å². The zero-order valence-electron chi connectivity index (χ0n) is 48.8. The van der Waals surface area contributed by atoms with E-state index in [1.165, 1.54) is 31.5 Å². The average molecular weight is 1160 g/mol. The fourth-order valence-electron chi connectivity index (χ4n) is 12.9. The van der Waals surface area contributed by atoms with Crippen molar-refractivity contribution in [2.75, 3.05) is 0 Å². The predicted octanol–water partition coefficient (Wildman–Crippen LogP) is 21.2. The van der Waals surface area contributed by atoms with Gasteiger partial charge in [-0.25, -0.2) is 0 Å². The van der Waals surface area contributed by atoms with Gasteiger partial charge in [-0.3, -0.25) is 19.9 Å². The summed E-state index contributed by atoms with van der Waals surface area (Å²) in [5.74, 6) is 0. The molecule has 0 N–H and O–H groups in total. The summed E-state index contributed by atoms with van der Waals surface area (Å²) in [5.41, 5.74) is 29.4. The highest BCUT2D eigenvalue weighted by Crippen LogP contribution is 2.43. The minimum absolute atomic E-state index is 0.723. The topological polar surface area (TPSA) is 61.4 Å². The van der Waals surface area contributed by atoms with Crippen LogP contribution >= 0.6 is 11.3 Å². The SMILES string of the molecule is CCc1c(/C=C\Cc2cncc(-c3ccccc3)c2)n(C2=Cc3c(sc4ccc(-n5c6ccc(-c7cncc(-c8ccccc8)c7)cc6c6cc(-c7cncc(-c8ccccc8)c7)ccc65)cc34)C=C=C2)c2ccc(-c3cncc(-c4ccccc4)c3)cc12. The summed E-state index contributed by atoms with van der Waals surface area (Å²) >= 11 is 1.81. The maximum absolute atomic E-state index is 4.76. The van der Waals surface area contributed by atoms with Crippen LogP contribution in [0.25, 0.3) is 150 Å². The molecule has 0 atom stereocenters. The summed E-state index contributed by atoms with van der Waals surface area (Å²) in [4.78, 5) is 20.1. The third-order valence-electron chi connectivity index (χ3n) is 17.3. The van der Waals surface area contributed by atoms with Gasteiger partial charge in [0.05, 0.1) is 22.2 Å². The molecule has 0 unspecified atom stereocenters. The van der Waals surface area contributed by atoms with Crippen LogP contribution in [-0.4, -0.2) is 29.1 Å². The summed E-state index contributed by atoms with van der Waals surface area (Å²) in [7, 11) is 0. The molecule has 7 heteroatoms. The summed E-state index contributed by atoms with van der Waals surface area (Å²) < 4.78 is 6.11. The lowest BCUT2D eigenvalue weighted by Crippen LogP contribution is -1.99. The molecule has 0 fully saturated rings. The highest BCUT2D eigenvalue weighted by molar-refractivity contribution is 7.20. The predicted molar refractivity (Wildman–Crippen MR) is 373 cm³/mol. The maximum Gasteiger partial charge on any atom is 0.0545 e.